The minimum atomic E-state index is 0.661. The number of hydrogen-bond acceptors (Lipinski definition) is 2. The molecule has 0 aromatic heterocycles. The maximum Gasteiger partial charge on any atom is 0.0164 e. The Morgan fingerprint density at radius 1 is 1.29 bits per heavy atom. The molecule has 1 aromatic carbocycles. The normalized spacial score (nSPS) is 19.5. The molecule has 2 atom stereocenters. The molecule has 118 valence electrons. The van der Waals surface area contributed by atoms with Crippen LogP contribution in [-0.2, 0) is 6.42 Å². The Labute approximate surface area is 135 Å². The maximum atomic E-state index is 3.78. The van der Waals surface area contributed by atoms with E-state index < -0.39 is 0 Å². The van der Waals surface area contributed by atoms with Crippen molar-refractivity contribution in [3.05, 3.63) is 35.4 Å². The Morgan fingerprint density at radius 2 is 2.10 bits per heavy atom. The van der Waals surface area contributed by atoms with Crippen molar-refractivity contribution in [2.45, 2.75) is 70.1 Å². The van der Waals surface area contributed by atoms with Gasteiger partial charge in [0.1, 0.15) is 0 Å². The highest BCUT2D eigenvalue weighted by atomic mass is 32.2. The van der Waals surface area contributed by atoms with E-state index in [4.69, 9.17) is 0 Å². The van der Waals surface area contributed by atoms with Crippen LogP contribution in [0, 0.1) is 0 Å². The van der Waals surface area contributed by atoms with Gasteiger partial charge in [-0.05, 0) is 60.9 Å². The van der Waals surface area contributed by atoms with Gasteiger partial charge in [-0.25, -0.2) is 0 Å². The van der Waals surface area contributed by atoms with E-state index in [0.717, 1.165) is 17.7 Å². The fraction of sp³-hybridized carbons (Fsp3) is 0.684. The number of aryl methyl sites for hydroxylation is 1. The van der Waals surface area contributed by atoms with Crippen LogP contribution in [0.4, 0.5) is 0 Å². The minimum Gasteiger partial charge on any atom is -0.313 e. The van der Waals surface area contributed by atoms with Gasteiger partial charge in [0, 0.05) is 11.8 Å². The molecule has 1 aliphatic rings. The fourth-order valence-electron chi connectivity index (χ4n) is 3.31. The van der Waals surface area contributed by atoms with Crippen LogP contribution >= 0.6 is 11.8 Å². The zero-order valence-electron chi connectivity index (χ0n) is 13.9. The molecule has 1 nitrogen and oxygen atoms in total. The molecule has 0 fully saturated rings. The maximum absolute atomic E-state index is 3.78. The Balaban J connectivity index is 1.99. The van der Waals surface area contributed by atoms with Gasteiger partial charge in [-0.2, -0.15) is 11.8 Å². The van der Waals surface area contributed by atoms with E-state index >= 15 is 0 Å². The third kappa shape index (κ3) is 5.34. The zero-order valence-corrected chi connectivity index (χ0v) is 14.7. The Hall–Kier alpha value is -0.470. The molecule has 0 saturated heterocycles. The molecule has 0 radical (unpaired) electrons. The smallest absolute Gasteiger partial charge is 0.0164 e. The summed E-state index contributed by atoms with van der Waals surface area (Å²) in [6.45, 7) is 8.02. The van der Waals surface area contributed by atoms with E-state index in [1.54, 1.807) is 11.1 Å². The van der Waals surface area contributed by atoms with Gasteiger partial charge in [0.25, 0.3) is 0 Å². The Morgan fingerprint density at radius 3 is 2.86 bits per heavy atom. The summed E-state index contributed by atoms with van der Waals surface area (Å²) in [6, 6.07) is 9.77. The fourth-order valence-corrected chi connectivity index (χ4v) is 4.18. The summed E-state index contributed by atoms with van der Waals surface area (Å²) in [4.78, 5) is 0. The number of rotatable bonds is 8. The van der Waals surface area contributed by atoms with Crippen LogP contribution in [0.2, 0.25) is 0 Å². The Bertz CT molecular complexity index is 416. The molecule has 0 saturated carbocycles. The number of hydrogen-bond donors (Lipinski definition) is 1. The van der Waals surface area contributed by atoms with Crippen molar-refractivity contribution in [1.29, 1.82) is 0 Å². The summed E-state index contributed by atoms with van der Waals surface area (Å²) in [5, 5.41) is 4.51. The van der Waals surface area contributed by atoms with Crippen molar-refractivity contribution in [3.63, 3.8) is 0 Å². The molecule has 1 aliphatic carbocycles. The molecule has 2 rings (SSSR count). The van der Waals surface area contributed by atoms with Crippen molar-refractivity contribution in [2.75, 3.05) is 12.3 Å². The van der Waals surface area contributed by atoms with E-state index in [2.05, 4.69) is 62.1 Å². The molecule has 0 aliphatic heterocycles. The topological polar surface area (TPSA) is 12.0 Å². The van der Waals surface area contributed by atoms with E-state index in [0.29, 0.717) is 6.04 Å². The lowest BCUT2D eigenvalue weighted by Gasteiger charge is -2.30. The van der Waals surface area contributed by atoms with Gasteiger partial charge < -0.3 is 5.32 Å². The molecule has 1 aromatic rings. The van der Waals surface area contributed by atoms with E-state index in [1.165, 1.54) is 37.9 Å². The summed E-state index contributed by atoms with van der Waals surface area (Å²) in [6.07, 6.45) is 6.54. The molecular weight excluding hydrogens is 274 g/mol. The standard InChI is InChI=1S/C19H31NS/c1-4-12-20-18(14-21-15(2)3)13-17-10-7-9-16-8-5-6-11-19(16)17/h5-6,8,11,15,17-18,20H,4,7,9-10,12-14H2,1-3H3. The number of fused-ring (bicyclic) bond motifs is 1. The van der Waals surface area contributed by atoms with Crippen LogP contribution in [0.25, 0.3) is 0 Å². The van der Waals surface area contributed by atoms with Crippen molar-refractivity contribution in [1.82, 2.24) is 5.32 Å². The number of thioether (sulfide) groups is 1. The highest BCUT2D eigenvalue weighted by Crippen LogP contribution is 2.35. The first-order valence-electron chi connectivity index (χ1n) is 8.63. The van der Waals surface area contributed by atoms with Gasteiger partial charge in [0.15, 0.2) is 0 Å². The quantitative estimate of drug-likeness (QED) is 0.725. The van der Waals surface area contributed by atoms with Crippen molar-refractivity contribution in [3.8, 4) is 0 Å². The molecule has 0 spiro atoms. The molecule has 0 amide bonds. The molecular formula is C19H31NS. The number of benzene rings is 1. The first-order chi connectivity index (χ1) is 10.2. The molecule has 2 heteroatoms. The lowest BCUT2D eigenvalue weighted by molar-refractivity contribution is 0.434. The van der Waals surface area contributed by atoms with E-state index in [9.17, 15) is 0 Å². The monoisotopic (exact) mass is 305 g/mol. The van der Waals surface area contributed by atoms with Gasteiger partial charge >= 0.3 is 0 Å². The second-order valence-electron chi connectivity index (χ2n) is 6.56. The Kier molecular flexibility index (Phi) is 7.12. The largest absolute Gasteiger partial charge is 0.313 e. The summed E-state index contributed by atoms with van der Waals surface area (Å²) in [5.74, 6) is 2.01. The van der Waals surface area contributed by atoms with Gasteiger partial charge in [0.05, 0.1) is 0 Å². The van der Waals surface area contributed by atoms with Crippen LogP contribution in [0.5, 0.6) is 0 Å². The predicted molar refractivity (Wildman–Crippen MR) is 96.4 cm³/mol. The second-order valence-corrected chi connectivity index (χ2v) is 8.17. The van der Waals surface area contributed by atoms with Gasteiger partial charge in [-0.1, -0.05) is 45.0 Å². The van der Waals surface area contributed by atoms with Crippen molar-refractivity contribution in [2.24, 2.45) is 0 Å². The summed E-state index contributed by atoms with van der Waals surface area (Å²) < 4.78 is 0. The van der Waals surface area contributed by atoms with Crippen LogP contribution in [0.15, 0.2) is 24.3 Å². The first kappa shape index (κ1) is 16.9. The van der Waals surface area contributed by atoms with E-state index in [-0.39, 0.29) is 0 Å². The van der Waals surface area contributed by atoms with Crippen LogP contribution in [0.3, 0.4) is 0 Å². The number of nitrogens with one attached hydrogen (secondary N) is 1. The van der Waals surface area contributed by atoms with Crippen LogP contribution in [0.1, 0.15) is 63.5 Å². The lowest BCUT2D eigenvalue weighted by atomic mass is 9.80. The third-order valence-electron chi connectivity index (χ3n) is 4.38. The van der Waals surface area contributed by atoms with E-state index in [1.807, 2.05) is 0 Å². The van der Waals surface area contributed by atoms with Crippen molar-refractivity contribution < 1.29 is 0 Å². The third-order valence-corrected chi connectivity index (χ3v) is 5.64. The molecule has 2 unspecified atom stereocenters. The summed E-state index contributed by atoms with van der Waals surface area (Å²) in [7, 11) is 0. The van der Waals surface area contributed by atoms with Gasteiger partial charge in [-0.15, -0.1) is 0 Å². The zero-order chi connectivity index (χ0) is 15.1. The van der Waals surface area contributed by atoms with Crippen LogP contribution in [-0.4, -0.2) is 23.6 Å². The first-order valence-corrected chi connectivity index (χ1v) is 9.68. The average Bonchev–Trinajstić information content (AvgIpc) is 2.50. The summed E-state index contributed by atoms with van der Waals surface area (Å²) >= 11 is 2.10. The summed E-state index contributed by atoms with van der Waals surface area (Å²) in [5.41, 5.74) is 3.22. The lowest BCUT2D eigenvalue weighted by Crippen LogP contribution is -2.34. The highest BCUT2D eigenvalue weighted by molar-refractivity contribution is 7.99. The molecule has 1 N–H and O–H groups in total. The molecule has 0 bridgehead atoms. The van der Waals surface area contributed by atoms with Gasteiger partial charge in [-0.3, -0.25) is 0 Å². The average molecular weight is 306 g/mol. The van der Waals surface area contributed by atoms with Crippen molar-refractivity contribution >= 4 is 11.8 Å². The predicted octanol–water partition coefficient (Wildman–Crippen LogP) is 5.01. The molecule has 21 heavy (non-hydrogen) atoms. The second kappa shape index (κ2) is 8.85. The van der Waals surface area contributed by atoms with Gasteiger partial charge in [0.2, 0.25) is 0 Å². The highest BCUT2D eigenvalue weighted by Gasteiger charge is 2.23. The minimum absolute atomic E-state index is 0.661. The SMILES string of the molecule is CCCNC(CSC(C)C)CC1CCCc2ccccc21. The molecule has 0 heterocycles. The van der Waals surface area contributed by atoms with Crippen LogP contribution < -0.4 is 5.32 Å².